The van der Waals surface area contributed by atoms with Gasteiger partial charge in [0.15, 0.2) is 11.5 Å². The summed E-state index contributed by atoms with van der Waals surface area (Å²) in [5, 5.41) is 4.81. The fourth-order valence-electron chi connectivity index (χ4n) is 4.33. The van der Waals surface area contributed by atoms with Crippen LogP contribution in [0.3, 0.4) is 0 Å². The Morgan fingerprint density at radius 1 is 0.921 bits per heavy atom. The molecule has 1 aliphatic heterocycles. The van der Waals surface area contributed by atoms with Gasteiger partial charge in [-0.15, -0.1) is 0 Å². The standard InChI is InChI=1S/C30H23ClN2O5/c1-18-10-12-22(31)16-25(18)33-29(35)24(28(34)32-30(33)36)14-19-11-13-26(27(15-19)37-2)38-17-21-8-5-7-20-6-3-4-9-23(20)21/h3-16H,17H2,1-2H3,(H,32,34,36)/b24-14+. The first kappa shape index (κ1) is 25.0. The molecule has 1 aliphatic rings. The molecule has 38 heavy (non-hydrogen) atoms. The van der Waals surface area contributed by atoms with Crippen LogP contribution in [0.5, 0.6) is 11.5 Å². The van der Waals surface area contributed by atoms with Crippen LogP contribution in [0, 0.1) is 6.92 Å². The maximum atomic E-state index is 13.3. The lowest BCUT2D eigenvalue weighted by Gasteiger charge is -2.27. The maximum Gasteiger partial charge on any atom is 0.335 e. The minimum Gasteiger partial charge on any atom is -0.493 e. The van der Waals surface area contributed by atoms with E-state index in [0.717, 1.165) is 21.2 Å². The van der Waals surface area contributed by atoms with Gasteiger partial charge >= 0.3 is 6.03 Å². The number of aryl methyl sites for hydroxylation is 1. The van der Waals surface area contributed by atoms with E-state index in [4.69, 9.17) is 21.1 Å². The number of carbonyl (C=O) groups excluding carboxylic acids is 3. The van der Waals surface area contributed by atoms with E-state index in [1.165, 1.54) is 19.3 Å². The Bertz CT molecular complexity index is 1620. The molecular formula is C30H23ClN2O5. The van der Waals surface area contributed by atoms with Crippen LogP contribution in [0.2, 0.25) is 5.02 Å². The highest BCUT2D eigenvalue weighted by molar-refractivity contribution is 6.39. The molecule has 0 saturated carbocycles. The van der Waals surface area contributed by atoms with Crippen LogP contribution >= 0.6 is 11.6 Å². The van der Waals surface area contributed by atoms with Crippen molar-refractivity contribution < 1.29 is 23.9 Å². The monoisotopic (exact) mass is 526 g/mol. The number of nitrogens with one attached hydrogen (secondary N) is 1. The highest BCUT2D eigenvalue weighted by Gasteiger charge is 2.37. The molecule has 8 heteroatoms. The van der Waals surface area contributed by atoms with Gasteiger partial charge in [0.25, 0.3) is 11.8 Å². The summed E-state index contributed by atoms with van der Waals surface area (Å²) in [5.41, 5.74) is 2.31. The topological polar surface area (TPSA) is 84.9 Å². The number of hydrogen-bond acceptors (Lipinski definition) is 5. The Morgan fingerprint density at radius 2 is 1.71 bits per heavy atom. The first-order chi connectivity index (χ1) is 18.4. The number of nitrogens with zero attached hydrogens (tertiary/aromatic N) is 1. The van der Waals surface area contributed by atoms with E-state index in [1.54, 1.807) is 37.3 Å². The molecule has 0 unspecified atom stereocenters. The normalized spacial score (nSPS) is 14.7. The highest BCUT2D eigenvalue weighted by atomic mass is 35.5. The van der Waals surface area contributed by atoms with E-state index in [0.29, 0.717) is 39.9 Å². The molecule has 1 N–H and O–H groups in total. The van der Waals surface area contributed by atoms with E-state index < -0.39 is 17.8 Å². The molecule has 0 bridgehead atoms. The van der Waals surface area contributed by atoms with Crippen LogP contribution in [-0.2, 0) is 16.2 Å². The van der Waals surface area contributed by atoms with Crippen LogP contribution in [0.4, 0.5) is 10.5 Å². The minimum absolute atomic E-state index is 0.199. The van der Waals surface area contributed by atoms with Crippen molar-refractivity contribution in [2.45, 2.75) is 13.5 Å². The number of urea groups is 1. The largest absolute Gasteiger partial charge is 0.493 e. The molecule has 4 aromatic carbocycles. The number of barbiturate groups is 1. The second-order valence-corrected chi connectivity index (χ2v) is 9.16. The van der Waals surface area contributed by atoms with Crippen molar-refractivity contribution in [2.24, 2.45) is 0 Å². The average Bonchev–Trinajstić information content (AvgIpc) is 2.92. The SMILES string of the molecule is COc1cc(/C=C2\C(=O)NC(=O)N(c3cc(Cl)ccc3C)C2=O)ccc1OCc1cccc2ccccc12. The molecule has 4 aromatic rings. The fourth-order valence-corrected chi connectivity index (χ4v) is 4.50. The summed E-state index contributed by atoms with van der Waals surface area (Å²) in [7, 11) is 1.51. The molecular weight excluding hydrogens is 504 g/mol. The molecule has 0 spiro atoms. The summed E-state index contributed by atoms with van der Waals surface area (Å²) in [6, 6.07) is 23.2. The number of carbonyl (C=O) groups is 3. The van der Waals surface area contributed by atoms with Crippen LogP contribution in [0.15, 0.2) is 84.4 Å². The van der Waals surface area contributed by atoms with Crippen molar-refractivity contribution >= 4 is 52.0 Å². The number of fused-ring (bicyclic) bond motifs is 1. The second kappa shape index (κ2) is 10.4. The van der Waals surface area contributed by atoms with E-state index in [9.17, 15) is 14.4 Å². The zero-order valence-corrected chi connectivity index (χ0v) is 21.4. The minimum atomic E-state index is -0.836. The van der Waals surface area contributed by atoms with Gasteiger partial charge in [-0.1, -0.05) is 66.2 Å². The van der Waals surface area contributed by atoms with E-state index >= 15 is 0 Å². The molecule has 7 nitrogen and oxygen atoms in total. The molecule has 0 atom stereocenters. The Kier molecular flexibility index (Phi) is 6.85. The van der Waals surface area contributed by atoms with Crippen LogP contribution < -0.4 is 19.7 Å². The molecule has 190 valence electrons. The van der Waals surface area contributed by atoms with Crippen molar-refractivity contribution in [1.82, 2.24) is 5.32 Å². The fraction of sp³-hybridized carbons (Fsp3) is 0.100. The van der Waals surface area contributed by atoms with Crippen molar-refractivity contribution in [3.63, 3.8) is 0 Å². The number of hydrogen-bond donors (Lipinski definition) is 1. The lowest BCUT2D eigenvalue weighted by molar-refractivity contribution is -0.122. The lowest BCUT2D eigenvalue weighted by Crippen LogP contribution is -2.54. The van der Waals surface area contributed by atoms with E-state index in [2.05, 4.69) is 5.32 Å². The number of rotatable bonds is 6. The van der Waals surface area contributed by atoms with Gasteiger partial charge in [-0.05, 0) is 64.7 Å². The molecule has 4 amide bonds. The predicted octanol–water partition coefficient (Wildman–Crippen LogP) is 6.06. The summed E-state index contributed by atoms with van der Waals surface area (Å²) in [6.07, 6.45) is 1.41. The first-order valence-electron chi connectivity index (χ1n) is 11.8. The quantitative estimate of drug-likeness (QED) is 0.244. The van der Waals surface area contributed by atoms with Crippen molar-refractivity contribution in [2.75, 3.05) is 12.0 Å². The number of methoxy groups -OCH3 is 1. The van der Waals surface area contributed by atoms with E-state index in [1.807, 2.05) is 42.5 Å². The van der Waals surface area contributed by atoms with Gasteiger partial charge in [-0.2, -0.15) is 0 Å². The van der Waals surface area contributed by atoms with Crippen LogP contribution in [0.25, 0.3) is 16.8 Å². The third-order valence-corrected chi connectivity index (χ3v) is 6.51. The summed E-state index contributed by atoms with van der Waals surface area (Å²) in [4.78, 5) is 39.4. The third-order valence-electron chi connectivity index (χ3n) is 6.28. The average molecular weight is 527 g/mol. The molecule has 0 radical (unpaired) electrons. The molecule has 1 heterocycles. The van der Waals surface area contributed by atoms with Crippen molar-refractivity contribution in [3.8, 4) is 11.5 Å². The summed E-state index contributed by atoms with van der Waals surface area (Å²) in [6.45, 7) is 2.07. The number of anilines is 1. The molecule has 5 rings (SSSR count). The highest BCUT2D eigenvalue weighted by Crippen LogP contribution is 2.32. The number of halogens is 1. The van der Waals surface area contributed by atoms with Crippen LogP contribution in [0.1, 0.15) is 16.7 Å². The van der Waals surface area contributed by atoms with Crippen molar-refractivity contribution in [3.05, 3.63) is 106 Å². The van der Waals surface area contributed by atoms with Gasteiger partial charge in [0, 0.05) is 5.02 Å². The summed E-state index contributed by atoms with van der Waals surface area (Å²) < 4.78 is 11.6. The lowest BCUT2D eigenvalue weighted by atomic mass is 10.0. The van der Waals surface area contributed by atoms with Gasteiger partial charge < -0.3 is 9.47 Å². The van der Waals surface area contributed by atoms with E-state index in [-0.39, 0.29) is 5.57 Å². The third kappa shape index (κ3) is 4.84. The number of benzene rings is 4. The Morgan fingerprint density at radius 3 is 2.53 bits per heavy atom. The Labute approximate surface area is 224 Å². The first-order valence-corrected chi connectivity index (χ1v) is 12.2. The Hall–Kier alpha value is -4.62. The molecule has 0 aromatic heterocycles. The van der Waals surface area contributed by atoms with Gasteiger partial charge in [0.2, 0.25) is 0 Å². The maximum absolute atomic E-state index is 13.3. The smallest absolute Gasteiger partial charge is 0.335 e. The van der Waals surface area contributed by atoms with Gasteiger partial charge in [0.05, 0.1) is 12.8 Å². The number of imide groups is 2. The van der Waals surface area contributed by atoms with Crippen LogP contribution in [-0.4, -0.2) is 25.0 Å². The van der Waals surface area contributed by atoms with Gasteiger partial charge in [0.1, 0.15) is 12.2 Å². The number of ether oxygens (including phenoxy) is 2. The zero-order valence-electron chi connectivity index (χ0n) is 20.7. The summed E-state index contributed by atoms with van der Waals surface area (Å²) in [5.74, 6) is -0.596. The molecule has 1 saturated heterocycles. The predicted molar refractivity (Wildman–Crippen MR) is 146 cm³/mol. The summed E-state index contributed by atoms with van der Waals surface area (Å²) >= 11 is 6.09. The Balaban J connectivity index is 1.42. The molecule has 0 aliphatic carbocycles. The molecule has 1 fully saturated rings. The van der Waals surface area contributed by atoms with Gasteiger partial charge in [-0.25, -0.2) is 9.69 Å². The zero-order chi connectivity index (χ0) is 26.8. The van der Waals surface area contributed by atoms with Crippen molar-refractivity contribution in [1.29, 1.82) is 0 Å². The van der Waals surface area contributed by atoms with Gasteiger partial charge in [-0.3, -0.25) is 14.9 Å². The second-order valence-electron chi connectivity index (χ2n) is 8.73. The number of amides is 4.